The molecule has 0 atom stereocenters. The van der Waals surface area contributed by atoms with Gasteiger partial charge >= 0.3 is 8.56 Å². The summed E-state index contributed by atoms with van der Waals surface area (Å²) in [6, 6.07) is 1.58. The first-order valence-corrected chi connectivity index (χ1v) is 7.03. The molecule has 0 aliphatic carbocycles. The van der Waals surface area contributed by atoms with Gasteiger partial charge < -0.3 is 8.85 Å². The molecule has 14 heavy (non-hydrogen) atoms. The second-order valence-electron chi connectivity index (χ2n) is 3.38. The van der Waals surface area contributed by atoms with Crippen molar-refractivity contribution in [1.29, 1.82) is 0 Å². The maximum absolute atomic E-state index is 11.3. The molecule has 0 fully saturated rings. The number of hydrogen-bond acceptors (Lipinski definition) is 3. The first kappa shape index (κ1) is 13.5. The highest BCUT2D eigenvalue weighted by atomic mass is 28.4. The summed E-state index contributed by atoms with van der Waals surface area (Å²) in [5.74, 6) is 0.101. The number of rotatable bonds is 7. The number of carbonyl (C=O) groups is 1. The van der Waals surface area contributed by atoms with E-state index in [4.69, 9.17) is 8.85 Å². The van der Waals surface area contributed by atoms with Crippen LogP contribution >= 0.6 is 0 Å². The lowest BCUT2D eigenvalue weighted by molar-refractivity contribution is -0.115. The molecule has 82 valence electrons. The highest BCUT2D eigenvalue weighted by Crippen LogP contribution is 2.19. The molecule has 0 bridgehead atoms. The molecule has 0 heterocycles. The molecule has 0 aliphatic rings. The Morgan fingerprint density at radius 3 is 2.14 bits per heavy atom. The van der Waals surface area contributed by atoms with Gasteiger partial charge in [-0.3, -0.25) is 4.79 Å². The highest BCUT2D eigenvalue weighted by Gasteiger charge is 2.33. The molecule has 0 N–H and O–H groups in total. The van der Waals surface area contributed by atoms with E-state index < -0.39 is 8.56 Å². The van der Waals surface area contributed by atoms with Crippen molar-refractivity contribution < 1.29 is 13.6 Å². The number of ketones is 1. The topological polar surface area (TPSA) is 35.5 Å². The summed E-state index contributed by atoms with van der Waals surface area (Å²) in [6.07, 6.45) is 0.483. The lowest BCUT2D eigenvalue weighted by atomic mass is 10.2. The van der Waals surface area contributed by atoms with Crippen molar-refractivity contribution in [1.82, 2.24) is 0 Å². The molecule has 0 spiro atoms. The predicted molar refractivity (Wildman–Crippen MR) is 59.5 cm³/mol. The Hall–Kier alpha value is -0.453. The van der Waals surface area contributed by atoms with Gasteiger partial charge in [0.2, 0.25) is 0 Å². The molecule has 3 nitrogen and oxygen atoms in total. The maximum Gasteiger partial charge on any atom is 0.337 e. The van der Waals surface area contributed by atoms with Gasteiger partial charge in [-0.2, -0.15) is 0 Å². The summed E-state index contributed by atoms with van der Waals surface area (Å²) < 4.78 is 10.8. The maximum atomic E-state index is 11.3. The summed E-state index contributed by atoms with van der Waals surface area (Å²) in [4.78, 5) is 11.3. The van der Waals surface area contributed by atoms with Crippen LogP contribution in [0.2, 0.25) is 12.1 Å². The summed E-state index contributed by atoms with van der Waals surface area (Å²) in [7, 11) is 1.23. The first-order chi connectivity index (χ1) is 6.51. The van der Waals surface area contributed by atoms with Crippen LogP contribution in [0.25, 0.3) is 0 Å². The molecule has 0 saturated heterocycles. The van der Waals surface area contributed by atoms with E-state index in [1.54, 1.807) is 21.1 Å². The van der Waals surface area contributed by atoms with E-state index in [1.165, 1.54) is 0 Å². The molecular weight excluding hydrogens is 196 g/mol. The minimum Gasteiger partial charge on any atom is -0.398 e. The molecule has 0 aromatic heterocycles. The van der Waals surface area contributed by atoms with Gasteiger partial charge in [0.15, 0.2) is 5.78 Å². The minimum atomic E-state index is -2.09. The number of Topliss-reactive ketones (excluding diaryl/α,β-unsaturated/α-hetero) is 1. The molecule has 4 heteroatoms. The van der Waals surface area contributed by atoms with Gasteiger partial charge in [-0.15, -0.1) is 0 Å². The Bertz CT molecular complexity index is 201. The average molecular weight is 216 g/mol. The van der Waals surface area contributed by atoms with Crippen LogP contribution in [-0.4, -0.2) is 28.6 Å². The van der Waals surface area contributed by atoms with Crippen molar-refractivity contribution in [2.24, 2.45) is 0 Å². The molecule has 0 aromatic carbocycles. The van der Waals surface area contributed by atoms with Gasteiger partial charge in [0, 0.05) is 20.6 Å². The molecule has 0 saturated carbocycles. The third-order valence-electron chi connectivity index (χ3n) is 2.49. The zero-order valence-electron chi connectivity index (χ0n) is 9.55. The van der Waals surface area contributed by atoms with Crippen molar-refractivity contribution in [3.05, 3.63) is 12.2 Å². The summed E-state index contributed by atoms with van der Waals surface area (Å²) in [5, 5.41) is 0. The van der Waals surface area contributed by atoms with Gasteiger partial charge in [-0.25, -0.2) is 0 Å². The van der Waals surface area contributed by atoms with Gasteiger partial charge in [0.1, 0.15) is 0 Å². The first-order valence-electron chi connectivity index (χ1n) is 4.80. The lowest BCUT2D eigenvalue weighted by Gasteiger charge is -2.25. The van der Waals surface area contributed by atoms with Gasteiger partial charge in [-0.05, 0) is 24.6 Å². The van der Waals surface area contributed by atoms with E-state index in [2.05, 4.69) is 6.58 Å². The van der Waals surface area contributed by atoms with Crippen molar-refractivity contribution in [3.8, 4) is 0 Å². The number of carbonyl (C=O) groups excluding carboxylic acids is 1. The Morgan fingerprint density at radius 1 is 1.36 bits per heavy atom. The summed E-state index contributed by atoms with van der Waals surface area (Å²) >= 11 is 0. The Balaban J connectivity index is 4.19. The fraction of sp³-hybridized carbons (Fsp3) is 0.700. The Kier molecular flexibility index (Phi) is 5.91. The quantitative estimate of drug-likeness (QED) is 0.484. The van der Waals surface area contributed by atoms with Crippen molar-refractivity contribution >= 4 is 14.3 Å². The van der Waals surface area contributed by atoms with Gasteiger partial charge in [-0.1, -0.05) is 13.5 Å². The summed E-state index contributed by atoms with van der Waals surface area (Å²) in [6.45, 7) is 7.38. The van der Waals surface area contributed by atoms with E-state index in [9.17, 15) is 4.79 Å². The third kappa shape index (κ3) is 3.73. The fourth-order valence-corrected chi connectivity index (χ4v) is 3.38. The van der Waals surface area contributed by atoms with Crippen LogP contribution in [0.5, 0.6) is 0 Å². The van der Waals surface area contributed by atoms with E-state index in [1.807, 2.05) is 6.92 Å². The van der Waals surface area contributed by atoms with Crippen LogP contribution in [-0.2, 0) is 13.6 Å². The Morgan fingerprint density at radius 2 is 1.86 bits per heavy atom. The second-order valence-corrected chi connectivity index (χ2v) is 7.22. The zero-order chi connectivity index (χ0) is 11.2. The average Bonchev–Trinajstić information content (AvgIpc) is 2.20. The summed E-state index contributed by atoms with van der Waals surface area (Å²) in [5.41, 5.74) is 0.608. The number of allylic oxidation sites excluding steroid dienone is 1. The van der Waals surface area contributed by atoms with E-state index in [0.29, 0.717) is 18.0 Å². The van der Waals surface area contributed by atoms with Crippen molar-refractivity contribution in [2.45, 2.75) is 32.4 Å². The molecule has 0 aromatic rings. The monoisotopic (exact) mass is 216 g/mol. The zero-order valence-corrected chi connectivity index (χ0v) is 10.6. The number of hydrogen-bond donors (Lipinski definition) is 0. The predicted octanol–water partition coefficient (Wildman–Crippen LogP) is 2.28. The standard InChI is InChI=1S/C10H20O3Si/c1-6-14(12-4,13-5)8-7-10(11)9(2)3/h2,6-8H2,1,3-5H3. The van der Waals surface area contributed by atoms with Crippen LogP contribution in [0, 0.1) is 0 Å². The normalized spacial score (nSPS) is 11.4. The van der Waals surface area contributed by atoms with Gasteiger partial charge in [0.25, 0.3) is 0 Å². The molecule has 0 amide bonds. The highest BCUT2D eigenvalue weighted by molar-refractivity contribution is 6.67. The smallest absolute Gasteiger partial charge is 0.337 e. The van der Waals surface area contributed by atoms with E-state index in [-0.39, 0.29) is 5.78 Å². The Labute approximate surface area is 87.4 Å². The van der Waals surface area contributed by atoms with Crippen LogP contribution < -0.4 is 0 Å². The van der Waals surface area contributed by atoms with E-state index in [0.717, 1.165) is 6.04 Å². The lowest BCUT2D eigenvalue weighted by Crippen LogP contribution is -2.39. The van der Waals surface area contributed by atoms with Crippen LogP contribution in [0.15, 0.2) is 12.2 Å². The minimum absolute atomic E-state index is 0.101. The molecule has 0 rings (SSSR count). The van der Waals surface area contributed by atoms with E-state index >= 15 is 0 Å². The molecule has 0 radical (unpaired) electrons. The SMILES string of the molecule is C=C(C)C(=O)CC[Si](CC)(OC)OC. The fourth-order valence-electron chi connectivity index (χ4n) is 1.27. The molecule has 0 unspecified atom stereocenters. The second kappa shape index (κ2) is 6.11. The largest absolute Gasteiger partial charge is 0.398 e. The van der Waals surface area contributed by atoms with Gasteiger partial charge in [0.05, 0.1) is 0 Å². The third-order valence-corrected chi connectivity index (χ3v) is 6.07. The van der Waals surface area contributed by atoms with Crippen LogP contribution in [0.4, 0.5) is 0 Å². The van der Waals surface area contributed by atoms with Crippen molar-refractivity contribution in [3.63, 3.8) is 0 Å². The van der Waals surface area contributed by atoms with Crippen LogP contribution in [0.1, 0.15) is 20.3 Å². The van der Waals surface area contributed by atoms with Crippen LogP contribution in [0.3, 0.4) is 0 Å². The molecule has 0 aliphatic heterocycles. The van der Waals surface area contributed by atoms with Crippen molar-refractivity contribution in [2.75, 3.05) is 14.2 Å². The molecular formula is C10H20O3Si.